The van der Waals surface area contributed by atoms with Crippen LogP contribution in [0.5, 0.6) is 0 Å². The standard InChI is InChI=1S/C15H20O3/c1-2-3-4-5-6-7-8-11-15(16)18-13-14-10-9-12-17-14/h7,9-12H,2-6,13H2,1H3. The fraction of sp³-hybridized carbons (Fsp3) is 0.467. The summed E-state index contributed by atoms with van der Waals surface area (Å²) in [6.07, 6.45) is 10.6. The van der Waals surface area contributed by atoms with E-state index in [9.17, 15) is 4.79 Å². The van der Waals surface area contributed by atoms with Crippen molar-refractivity contribution in [2.24, 2.45) is 0 Å². The van der Waals surface area contributed by atoms with Gasteiger partial charge in [0.15, 0.2) is 0 Å². The van der Waals surface area contributed by atoms with Gasteiger partial charge in [0.1, 0.15) is 12.4 Å². The maximum Gasteiger partial charge on any atom is 0.339 e. The Morgan fingerprint density at radius 2 is 2.33 bits per heavy atom. The molecular weight excluding hydrogens is 228 g/mol. The molecule has 0 amide bonds. The van der Waals surface area contributed by atoms with E-state index in [1.54, 1.807) is 18.4 Å². The van der Waals surface area contributed by atoms with Crippen molar-refractivity contribution >= 4 is 5.97 Å². The normalized spacial score (nSPS) is 9.61. The maximum atomic E-state index is 11.3. The van der Waals surface area contributed by atoms with Crippen molar-refractivity contribution in [2.75, 3.05) is 0 Å². The number of ether oxygens (including phenoxy) is 1. The first kappa shape index (κ1) is 14.3. The lowest BCUT2D eigenvalue weighted by molar-refractivity contribution is -0.139. The molecule has 1 aromatic heterocycles. The van der Waals surface area contributed by atoms with Gasteiger partial charge in [-0.2, -0.15) is 0 Å². The van der Waals surface area contributed by atoms with Gasteiger partial charge >= 0.3 is 5.97 Å². The van der Waals surface area contributed by atoms with E-state index in [0.717, 1.165) is 12.8 Å². The monoisotopic (exact) mass is 248 g/mol. The SMILES string of the molecule is CCCCCCC=C=CC(=O)OCc1ccco1. The van der Waals surface area contributed by atoms with Gasteiger partial charge in [-0.3, -0.25) is 0 Å². The Hall–Kier alpha value is -1.73. The number of hydrogen-bond donors (Lipinski definition) is 0. The highest BCUT2D eigenvalue weighted by molar-refractivity contribution is 5.81. The van der Waals surface area contributed by atoms with Gasteiger partial charge < -0.3 is 9.15 Å². The molecule has 0 saturated carbocycles. The van der Waals surface area contributed by atoms with Crippen molar-refractivity contribution < 1.29 is 13.9 Å². The summed E-state index contributed by atoms with van der Waals surface area (Å²) >= 11 is 0. The van der Waals surface area contributed by atoms with Crippen LogP contribution >= 0.6 is 0 Å². The molecule has 0 aliphatic carbocycles. The molecular formula is C15H20O3. The van der Waals surface area contributed by atoms with Crippen molar-refractivity contribution in [3.8, 4) is 0 Å². The second kappa shape index (κ2) is 9.32. The van der Waals surface area contributed by atoms with Gasteiger partial charge in [0.25, 0.3) is 0 Å². The van der Waals surface area contributed by atoms with E-state index >= 15 is 0 Å². The highest BCUT2D eigenvalue weighted by Crippen LogP contribution is 2.03. The number of rotatable bonds is 8. The molecule has 3 heteroatoms. The number of hydrogen-bond acceptors (Lipinski definition) is 3. The Morgan fingerprint density at radius 3 is 3.06 bits per heavy atom. The molecule has 0 fully saturated rings. The minimum absolute atomic E-state index is 0.167. The molecule has 1 aromatic rings. The molecule has 0 saturated heterocycles. The second-order valence-corrected chi connectivity index (χ2v) is 4.05. The first-order chi connectivity index (χ1) is 8.83. The Labute approximate surface area is 108 Å². The number of esters is 1. The van der Waals surface area contributed by atoms with Crippen LogP contribution in [-0.2, 0) is 16.1 Å². The number of unbranched alkanes of at least 4 members (excludes halogenated alkanes) is 4. The van der Waals surface area contributed by atoms with Crippen molar-refractivity contribution in [1.82, 2.24) is 0 Å². The molecule has 0 aromatic carbocycles. The summed E-state index contributed by atoms with van der Waals surface area (Å²) in [5.74, 6) is 0.247. The Balaban J connectivity index is 2.12. The average molecular weight is 248 g/mol. The summed E-state index contributed by atoms with van der Waals surface area (Å²) in [4.78, 5) is 11.3. The van der Waals surface area contributed by atoms with Gasteiger partial charge in [-0.1, -0.05) is 26.2 Å². The molecule has 0 radical (unpaired) electrons. The highest BCUT2D eigenvalue weighted by Gasteiger charge is 1.99. The van der Waals surface area contributed by atoms with E-state index in [1.807, 2.05) is 6.08 Å². The third-order valence-electron chi connectivity index (χ3n) is 2.46. The summed E-state index contributed by atoms with van der Waals surface area (Å²) in [6, 6.07) is 3.52. The van der Waals surface area contributed by atoms with Gasteiger partial charge in [0, 0.05) is 0 Å². The fourth-order valence-electron chi connectivity index (χ4n) is 1.46. The number of furan rings is 1. The van der Waals surface area contributed by atoms with E-state index in [1.165, 1.54) is 25.3 Å². The van der Waals surface area contributed by atoms with E-state index in [2.05, 4.69) is 12.7 Å². The topological polar surface area (TPSA) is 39.4 Å². The molecule has 0 bridgehead atoms. The number of carbonyl (C=O) groups is 1. The smallest absolute Gasteiger partial charge is 0.339 e. The van der Waals surface area contributed by atoms with Crippen LogP contribution < -0.4 is 0 Å². The molecule has 18 heavy (non-hydrogen) atoms. The first-order valence-corrected chi connectivity index (χ1v) is 6.43. The van der Waals surface area contributed by atoms with Crippen LogP contribution in [-0.4, -0.2) is 5.97 Å². The van der Waals surface area contributed by atoms with Crippen LogP contribution in [0.15, 0.2) is 40.7 Å². The van der Waals surface area contributed by atoms with Crippen molar-refractivity contribution in [3.05, 3.63) is 42.0 Å². The lowest BCUT2D eigenvalue weighted by Gasteiger charge is -1.96. The second-order valence-electron chi connectivity index (χ2n) is 4.05. The first-order valence-electron chi connectivity index (χ1n) is 6.43. The molecule has 0 atom stereocenters. The van der Waals surface area contributed by atoms with E-state index in [0.29, 0.717) is 5.76 Å². The minimum Gasteiger partial charge on any atom is -0.466 e. The molecule has 3 nitrogen and oxygen atoms in total. The van der Waals surface area contributed by atoms with Crippen LogP contribution in [0.1, 0.15) is 44.8 Å². The zero-order valence-corrected chi connectivity index (χ0v) is 10.9. The van der Waals surface area contributed by atoms with Gasteiger partial charge in [0.05, 0.1) is 12.3 Å². The van der Waals surface area contributed by atoms with E-state index in [4.69, 9.17) is 9.15 Å². The van der Waals surface area contributed by atoms with Crippen LogP contribution in [0.25, 0.3) is 0 Å². The predicted octanol–water partition coefficient (Wildman–Crippen LogP) is 4.00. The largest absolute Gasteiger partial charge is 0.466 e. The highest BCUT2D eigenvalue weighted by atomic mass is 16.5. The molecule has 1 rings (SSSR count). The van der Waals surface area contributed by atoms with Crippen LogP contribution in [0.2, 0.25) is 0 Å². The van der Waals surface area contributed by atoms with Gasteiger partial charge in [-0.25, -0.2) is 4.79 Å². The molecule has 0 spiro atoms. The summed E-state index contributed by atoms with van der Waals surface area (Å²) in [6.45, 7) is 2.35. The quantitative estimate of drug-likeness (QED) is 0.302. The van der Waals surface area contributed by atoms with Crippen molar-refractivity contribution in [2.45, 2.75) is 45.6 Å². The summed E-state index contributed by atoms with van der Waals surface area (Å²) in [5, 5.41) is 0. The van der Waals surface area contributed by atoms with Crippen LogP contribution in [0.3, 0.4) is 0 Å². The molecule has 0 aliphatic heterocycles. The lowest BCUT2D eigenvalue weighted by Crippen LogP contribution is -1.99. The van der Waals surface area contributed by atoms with E-state index in [-0.39, 0.29) is 6.61 Å². The van der Waals surface area contributed by atoms with Crippen molar-refractivity contribution in [1.29, 1.82) is 0 Å². The molecule has 1 heterocycles. The third kappa shape index (κ3) is 6.77. The fourth-order valence-corrected chi connectivity index (χ4v) is 1.46. The Bertz CT molecular complexity index is 384. The zero-order valence-electron chi connectivity index (χ0n) is 10.9. The van der Waals surface area contributed by atoms with Gasteiger partial charge in [-0.05, 0) is 31.1 Å². The Morgan fingerprint density at radius 1 is 1.44 bits per heavy atom. The molecule has 0 unspecified atom stereocenters. The average Bonchev–Trinajstić information content (AvgIpc) is 2.88. The summed E-state index contributed by atoms with van der Waals surface area (Å²) in [5.41, 5.74) is 2.84. The maximum absolute atomic E-state index is 11.3. The predicted molar refractivity (Wildman–Crippen MR) is 69.9 cm³/mol. The molecule has 98 valence electrons. The summed E-state index contributed by atoms with van der Waals surface area (Å²) < 4.78 is 10.0. The van der Waals surface area contributed by atoms with E-state index < -0.39 is 5.97 Å². The van der Waals surface area contributed by atoms with Gasteiger partial charge in [-0.15, -0.1) is 5.73 Å². The van der Waals surface area contributed by atoms with Crippen LogP contribution in [0, 0.1) is 0 Å². The number of carbonyl (C=O) groups excluding carboxylic acids is 1. The lowest BCUT2D eigenvalue weighted by atomic mass is 10.1. The van der Waals surface area contributed by atoms with Crippen LogP contribution in [0.4, 0.5) is 0 Å². The Kier molecular flexibility index (Phi) is 7.42. The molecule has 0 N–H and O–H groups in total. The summed E-state index contributed by atoms with van der Waals surface area (Å²) in [7, 11) is 0. The molecule has 0 aliphatic rings. The third-order valence-corrected chi connectivity index (χ3v) is 2.46. The minimum atomic E-state index is -0.392. The zero-order chi connectivity index (χ0) is 13.1. The van der Waals surface area contributed by atoms with Crippen molar-refractivity contribution in [3.63, 3.8) is 0 Å². The van der Waals surface area contributed by atoms with Gasteiger partial charge in [0.2, 0.25) is 0 Å².